The zero-order valence-electron chi connectivity index (χ0n) is 12.0. The van der Waals surface area contributed by atoms with E-state index in [1.165, 1.54) is 25.8 Å². The van der Waals surface area contributed by atoms with Crippen LogP contribution in [0.3, 0.4) is 0 Å². The van der Waals surface area contributed by atoms with Gasteiger partial charge in [0.15, 0.2) is 0 Å². The summed E-state index contributed by atoms with van der Waals surface area (Å²) in [4.78, 5) is 2.62. The predicted molar refractivity (Wildman–Crippen MR) is 73.4 cm³/mol. The van der Waals surface area contributed by atoms with Gasteiger partial charge in [-0.2, -0.15) is 0 Å². The second-order valence-corrected chi connectivity index (χ2v) is 5.51. The quantitative estimate of drug-likeness (QED) is 0.692. The molecule has 2 unspecified atom stereocenters. The monoisotopic (exact) mass is 242 g/mol. The first-order valence-corrected chi connectivity index (χ1v) is 7.16. The summed E-state index contributed by atoms with van der Waals surface area (Å²) >= 11 is 0. The van der Waals surface area contributed by atoms with Crippen molar-refractivity contribution < 1.29 is 4.74 Å². The lowest BCUT2D eigenvalue weighted by Gasteiger charge is -2.39. The zero-order chi connectivity index (χ0) is 12.7. The van der Waals surface area contributed by atoms with Gasteiger partial charge in [-0.3, -0.25) is 4.90 Å². The molecule has 17 heavy (non-hydrogen) atoms. The van der Waals surface area contributed by atoms with Gasteiger partial charge in [0.2, 0.25) is 0 Å². The molecule has 0 amide bonds. The van der Waals surface area contributed by atoms with Crippen LogP contribution in [-0.4, -0.2) is 50.3 Å². The van der Waals surface area contributed by atoms with Crippen LogP contribution >= 0.6 is 0 Å². The first-order valence-electron chi connectivity index (χ1n) is 7.16. The SMILES string of the molecule is CCCNCC(C(C)C)N1CCCC(OC)C1. The third-order valence-electron chi connectivity index (χ3n) is 3.76. The molecule has 0 aromatic carbocycles. The molecule has 0 bridgehead atoms. The van der Waals surface area contributed by atoms with Crippen LogP contribution in [0.4, 0.5) is 0 Å². The molecule has 0 radical (unpaired) electrons. The van der Waals surface area contributed by atoms with Gasteiger partial charge in [-0.15, -0.1) is 0 Å². The Morgan fingerprint density at radius 1 is 1.41 bits per heavy atom. The molecule has 1 heterocycles. The maximum absolute atomic E-state index is 5.51. The Labute approximate surface area is 107 Å². The topological polar surface area (TPSA) is 24.5 Å². The number of ether oxygens (including phenoxy) is 1. The average molecular weight is 242 g/mol. The molecule has 3 nitrogen and oxygen atoms in total. The molecule has 1 rings (SSSR count). The van der Waals surface area contributed by atoms with Crippen LogP contribution in [0.1, 0.15) is 40.0 Å². The van der Waals surface area contributed by atoms with Gasteiger partial charge in [0.25, 0.3) is 0 Å². The number of likely N-dealkylation sites (tertiary alicyclic amines) is 1. The van der Waals surface area contributed by atoms with Gasteiger partial charge >= 0.3 is 0 Å². The number of nitrogens with zero attached hydrogens (tertiary/aromatic N) is 1. The largest absolute Gasteiger partial charge is 0.380 e. The highest BCUT2D eigenvalue weighted by molar-refractivity contribution is 4.82. The van der Waals surface area contributed by atoms with E-state index in [-0.39, 0.29) is 0 Å². The first-order chi connectivity index (χ1) is 8.19. The minimum absolute atomic E-state index is 0.441. The number of nitrogens with one attached hydrogen (secondary N) is 1. The second-order valence-electron chi connectivity index (χ2n) is 5.51. The van der Waals surface area contributed by atoms with E-state index in [4.69, 9.17) is 4.74 Å². The normalized spacial score (nSPS) is 24.2. The van der Waals surface area contributed by atoms with Gasteiger partial charge in [0.05, 0.1) is 6.10 Å². The Morgan fingerprint density at radius 3 is 2.76 bits per heavy atom. The lowest BCUT2D eigenvalue weighted by atomic mass is 9.98. The van der Waals surface area contributed by atoms with Crippen LogP contribution in [0, 0.1) is 5.92 Å². The van der Waals surface area contributed by atoms with Crippen LogP contribution < -0.4 is 5.32 Å². The summed E-state index contributed by atoms with van der Waals surface area (Å²) in [6.45, 7) is 11.5. The molecule has 3 heteroatoms. The lowest BCUT2D eigenvalue weighted by molar-refractivity contribution is 0.00606. The van der Waals surface area contributed by atoms with Crippen molar-refractivity contribution in [3.8, 4) is 0 Å². The molecule has 0 aliphatic carbocycles. The summed E-state index contributed by atoms with van der Waals surface area (Å²) in [7, 11) is 1.84. The van der Waals surface area contributed by atoms with Crippen molar-refractivity contribution in [3.05, 3.63) is 0 Å². The number of rotatable bonds is 7. The molecule has 0 aromatic heterocycles. The number of methoxy groups -OCH3 is 1. The molecule has 1 aliphatic rings. The van der Waals surface area contributed by atoms with Crippen molar-refractivity contribution in [2.45, 2.75) is 52.2 Å². The van der Waals surface area contributed by atoms with Crippen LogP contribution in [0.25, 0.3) is 0 Å². The molecular weight excluding hydrogens is 212 g/mol. The smallest absolute Gasteiger partial charge is 0.0698 e. The number of piperidine rings is 1. The Morgan fingerprint density at radius 2 is 2.18 bits per heavy atom. The third-order valence-corrected chi connectivity index (χ3v) is 3.76. The highest BCUT2D eigenvalue weighted by atomic mass is 16.5. The fourth-order valence-electron chi connectivity index (χ4n) is 2.67. The fourth-order valence-corrected chi connectivity index (χ4v) is 2.67. The predicted octanol–water partition coefficient (Wildman–Crippen LogP) is 2.12. The summed E-state index contributed by atoms with van der Waals surface area (Å²) in [6, 6.07) is 0.652. The maximum Gasteiger partial charge on any atom is 0.0698 e. The Hall–Kier alpha value is -0.120. The van der Waals surface area contributed by atoms with Crippen molar-refractivity contribution in [1.29, 1.82) is 0 Å². The standard InChI is InChI=1S/C14H30N2O/c1-5-8-15-10-14(12(2)3)16-9-6-7-13(11-16)17-4/h12-15H,5-11H2,1-4H3. The number of hydrogen-bond acceptors (Lipinski definition) is 3. The van der Waals surface area contributed by atoms with Gasteiger partial charge in [-0.1, -0.05) is 20.8 Å². The van der Waals surface area contributed by atoms with E-state index in [1.807, 2.05) is 7.11 Å². The zero-order valence-corrected chi connectivity index (χ0v) is 12.0. The van der Waals surface area contributed by atoms with Crippen molar-refractivity contribution in [1.82, 2.24) is 10.2 Å². The highest BCUT2D eigenvalue weighted by Gasteiger charge is 2.27. The third kappa shape index (κ3) is 4.94. The summed E-state index contributed by atoms with van der Waals surface area (Å²) in [5.74, 6) is 0.704. The van der Waals surface area contributed by atoms with Gasteiger partial charge < -0.3 is 10.1 Å². The number of hydrogen-bond donors (Lipinski definition) is 1. The van der Waals surface area contributed by atoms with Crippen molar-refractivity contribution in [3.63, 3.8) is 0 Å². The fraction of sp³-hybridized carbons (Fsp3) is 1.00. The van der Waals surface area contributed by atoms with Crippen molar-refractivity contribution in [2.24, 2.45) is 5.92 Å². The summed E-state index contributed by atoms with van der Waals surface area (Å²) in [5, 5.41) is 3.56. The van der Waals surface area contributed by atoms with E-state index in [9.17, 15) is 0 Å². The van der Waals surface area contributed by atoms with E-state index < -0.39 is 0 Å². The molecule has 0 saturated carbocycles. The Kier molecular flexibility index (Phi) is 7.09. The van der Waals surface area contributed by atoms with E-state index in [2.05, 4.69) is 31.0 Å². The van der Waals surface area contributed by atoms with Crippen LogP contribution in [0.5, 0.6) is 0 Å². The molecule has 2 atom stereocenters. The van der Waals surface area contributed by atoms with Gasteiger partial charge in [-0.05, 0) is 38.3 Å². The molecule has 102 valence electrons. The highest BCUT2D eigenvalue weighted by Crippen LogP contribution is 2.18. The van der Waals surface area contributed by atoms with Crippen LogP contribution in [0.2, 0.25) is 0 Å². The Balaban J connectivity index is 2.44. The van der Waals surface area contributed by atoms with Crippen molar-refractivity contribution >= 4 is 0 Å². The van der Waals surface area contributed by atoms with Gasteiger partial charge in [0.1, 0.15) is 0 Å². The van der Waals surface area contributed by atoms with Crippen LogP contribution in [-0.2, 0) is 4.74 Å². The molecule has 1 N–H and O–H groups in total. The molecule has 0 aromatic rings. The molecule has 1 fully saturated rings. The minimum atomic E-state index is 0.441. The van der Waals surface area contributed by atoms with Gasteiger partial charge in [0, 0.05) is 26.2 Å². The summed E-state index contributed by atoms with van der Waals surface area (Å²) in [6.07, 6.45) is 4.15. The van der Waals surface area contributed by atoms with E-state index in [0.29, 0.717) is 18.1 Å². The van der Waals surface area contributed by atoms with Crippen LogP contribution in [0.15, 0.2) is 0 Å². The lowest BCUT2D eigenvalue weighted by Crippen LogP contribution is -2.51. The minimum Gasteiger partial charge on any atom is -0.380 e. The molecular formula is C14H30N2O. The van der Waals surface area contributed by atoms with E-state index in [0.717, 1.165) is 19.6 Å². The van der Waals surface area contributed by atoms with E-state index >= 15 is 0 Å². The summed E-state index contributed by atoms with van der Waals surface area (Å²) < 4.78 is 5.51. The van der Waals surface area contributed by atoms with E-state index in [1.54, 1.807) is 0 Å². The maximum atomic E-state index is 5.51. The first kappa shape index (κ1) is 14.9. The van der Waals surface area contributed by atoms with Gasteiger partial charge in [-0.25, -0.2) is 0 Å². The molecule has 0 spiro atoms. The summed E-state index contributed by atoms with van der Waals surface area (Å²) in [5.41, 5.74) is 0. The second kappa shape index (κ2) is 8.06. The Bertz CT molecular complexity index is 197. The average Bonchev–Trinajstić information content (AvgIpc) is 2.34. The van der Waals surface area contributed by atoms with Crippen molar-refractivity contribution in [2.75, 3.05) is 33.3 Å². The molecule has 1 saturated heterocycles. The molecule has 1 aliphatic heterocycles.